The third-order valence-electron chi connectivity index (χ3n) is 2.76. The number of aliphatic carboxylic acids is 1. The van der Waals surface area contributed by atoms with Gasteiger partial charge < -0.3 is 9.84 Å². The van der Waals surface area contributed by atoms with Crippen molar-refractivity contribution in [1.29, 1.82) is 0 Å². The normalized spacial score (nSPS) is 16.8. The van der Waals surface area contributed by atoms with E-state index in [1.165, 1.54) is 0 Å². The van der Waals surface area contributed by atoms with Gasteiger partial charge in [-0.3, -0.25) is 4.79 Å². The Hall–Kier alpha value is -1.22. The van der Waals surface area contributed by atoms with Crippen molar-refractivity contribution in [2.75, 3.05) is 6.61 Å². The van der Waals surface area contributed by atoms with E-state index in [4.69, 9.17) is 21.4 Å². The number of para-hydroxylation sites is 1. The first-order chi connectivity index (χ1) is 7.68. The van der Waals surface area contributed by atoms with E-state index < -0.39 is 11.9 Å². The molecule has 0 spiro atoms. The summed E-state index contributed by atoms with van der Waals surface area (Å²) in [5.74, 6) is -0.359. The van der Waals surface area contributed by atoms with Gasteiger partial charge in [0.1, 0.15) is 12.4 Å². The Labute approximate surface area is 99.0 Å². The smallest absolute Gasteiger partial charge is 0.310 e. The molecular weight excluding hydrogens is 228 g/mol. The fourth-order valence-corrected chi connectivity index (χ4v) is 1.84. The van der Waals surface area contributed by atoms with Crippen LogP contribution in [0.3, 0.4) is 0 Å². The first-order valence-electron chi connectivity index (χ1n) is 5.28. The molecule has 1 aromatic carbocycles. The molecule has 0 bridgehead atoms. The fourth-order valence-electron chi connectivity index (χ4n) is 1.65. The van der Waals surface area contributed by atoms with Crippen molar-refractivity contribution in [2.24, 2.45) is 11.8 Å². The molecule has 1 aliphatic carbocycles. The van der Waals surface area contributed by atoms with Gasteiger partial charge in [-0.25, -0.2) is 0 Å². The molecule has 16 heavy (non-hydrogen) atoms. The van der Waals surface area contributed by atoms with Crippen LogP contribution in [0.5, 0.6) is 5.75 Å². The standard InChI is InChI=1S/C12H13ClO3/c13-10-3-1-2-4-11(10)16-7-9(12(14)15)8-5-6-8/h1-4,8-9H,5-7H2,(H,14,15). The molecule has 1 fully saturated rings. The number of ether oxygens (including phenoxy) is 1. The number of halogens is 1. The highest BCUT2D eigenvalue weighted by Crippen LogP contribution is 2.37. The van der Waals surface area contributed by atoms with Crippen molar-refractivity contribution in [1.82, 2.24) is 0 Å². The number of carboxylic acid groups (broad SMARTS) is 1. The second-order valence-electron chi connectivity index (χ2n) is 4.02. The number of rotatable bonds is 5. The average Bonchev–Trinajstić information content (AvgIpc) is 3.04. The molecule has 0 saturated heterocycles. The predicted octanol–water partition coefficient (Wildman–Crippen LogP) is 2.83. The second-order valence-corrected chi connectivity index (χ2v) is 4.43. The van der Waals surface area contributed by atoms with Crippen LogP contribution in [-0.4, -0.2) is 17.7 Å². The van der Waals surface area contributed by atoms with Crippen molar-refractivity contribution in [3.8, 4) is 5.75 Å². The minimum absolute atomic E-state index is 0.198. The number of hydrogen-bond acceptors (Lipinski definition) is 2. The highest BCUT2D eigenvalue weighted by Gasteiger charge is 2.36. The van der Waals surface area contributed by atoms with E-state index in [1.807, 2.05) is 12.1 Å². The Bertz CT molecular complexity index is 388. The number of carbonyl (C=O) groups is 1. The lowest BCUT2D eigenvalue weighted by Gasteiger charge is -2.13. The Morgan fingerprint density at radius 3 is 2.75 bits per heavy atom. The largest absolute Gasteiger partial charge is 0.491 e. The summed E-state index contributed by atoms with van der Waals surface area (Å²) in [6.07, 6.45) is 1.98. The van der Waals surface area contributed by atoms with Gasteiger partial charge in [0, 0.05) is 0 Å². The summed E-state index contributed by atoms with van der Waals surface area (Å²) in [6, 6.07) is 7.09. The van der Waals surface area contributed by atoms with E-state index in [1.54, 1.807) is 12.1 Å². The van der Waals surface area contributed by atoms with Gasteiger partial charge in [0.15, 0.2) is 0 Å². The Morgan fingerprint density at radius 1 is 1.50 bits per heavy atom. The van der Waals surface area contributed by atoms with Crippen LogP contribution in [0.2, 0.25) is 5.02 Å². The zero-order valence-corrected chi connectivity index (χ0v) is 9.48. The van der Waals surface area contributed by atoms with Crippen LogP contribution < -0.4 is 4.74 Å². The lowest BCUT2D eigenvalue weighted by atomic mass is 10.1. The van der Waals surface area contributed by atoms with Crippen molar-refractivity contribution >= 4 is 17.6 Å². The Morgan fingerprint density at radius 2 is 2.19 bits per heavy atom. The van der Waals surface area contributed by atoms with E-state index in [-0.39, 0.29) is 12.5 Å². The molecule has 1 N–H and O–H groups in total. The predicted molar refractivity (Wildman–Crippen MR) is 60.8 cm³/mol. The number of carboxylic acids is 1. The van der Waals surface area contributed by atoms with Gasteiger partial charge in [0.2, 0.25) is 0 Å². The van der Waals surface area contributed by atoms with Gasteiger partial charge in [-0.1, -0.05) is 23.7 Å². The van der Waals surface area contributed by atoms with Crippen LogP contribution in [0, 0.1) is 11.8 Å². The zero-order valence-electron chi connectivity index (χ0n) is 8.73. The van der Waals surface area contributed by atoms with Gasteiger partial charge in [0.25, 0.3) is 0 Å². The van der Waals surface area contributed by atoms with E-state index in [2.05, 4.69) is 0 Å². The minimum Gasteiger partial charge on any atom is -0.491 e. The summed E-state index contributed by atoms with van der Waals surface area (Å²) in [7, 11) is 0. The molecule has 1 unspecified atom stereocenters. The van der Waals surface area contributed by atoms with Crippen LogP contribution in [0.4, 0.5) is 0 Å². The topological polar surface area (TPSA) is 46.5 Å². The maximum atomic E-state index is 11.0. The molecule has 0 heterocycles. The van der Waals surface area contributed by atoms with Crippen LogP contribution in [0.1, 0.15) is 12.8 Å². The maximum Gasteiger partial charge on any atom is 0.310 e. The van der Waals surface area contributed by atoms with E-state index in [0.29, 0.717) is 10.8 Å². The van der Waals surface area contributed by atoms with Crippen LogP contribution >= 0.6 is 11.6 Å². The Balaban J connectivity index is 1.95. The molecule has 0 radical (unpaired) electrons. The average molecular weight is 241 g/mol. The molecule has 0 aromatic heterocycles. The van der Waals surface area contributed by atoms with Gasteiger partial charge in [-0.2, -0.15) is 0 Å². The minimum atomic E-state index is -0.783. The zero-order chi connectivity index (χ0) is 11.5. The monoisotopic (exact) mass is 240 g/mol. The summed E-state index contributed by atoms with van der Waals surface area (Å²) in [5, 5.41) is 9.53. The fraction of sp³-hybridized carbons (Fsp3) is 0.417. The van der Waals surface area contributed by atoms with Crippen molar-refractivity contribution in [3.63, 3.8) is 0 Å². The molecule has 1 aromatic rings. The van der Waals surface area contributed by atoms with Gasteiger partial charge in [-0.15, -0.1) is 0 Å². The highest BCUT2D eigenvalue weighted by molar-refractivity contribution is 6.32. The van der Waals surface area contributed by atoms with Crippen molar-refractivity contribution < 1.29 is 14.6 Å². The van der Waals surface area contributed by atoms with Crippen LogP contribution in [0.25, 0.3) is 0 Å². The summed E-state index contributed by atoms with van der Waals surface area (Å²) >= 11 is 5.91. The lowest BCUT2D eigenvalue weighted by molar-refractivity contribution is -0.143. The molecule has 1 saturated carbocycles. The molecule has 3 nitrogen and oxygen atoms in total. The third-order valence-corrected chi connectivity index (χ3v) is 3.08. The van der Waals surface area contributed by atoms with E-state index >= 15 is 0 Å². The van der Waals surface area contributed by atoms with Crippen LogP contribution in [0.15, 0.2) is 24.3 Å². The summed E-state index contributed by atoms with van der Waals surface area (Å²) in [4.78, 5) is 11.0. The lowest BCUT2D eigenvalue weighted by Crippen LogP contribution is -2.23. The summed E-state index contributed by atoms with van der Waals surface area (Å²) in [6.45, 7) is 0.198. The van der Waals surface area contributed by atoms with E-state index in [9.17, 15) is 4.79 Å². The number of hydrogen-bond donors (Lipinski definition) is 1. The van der Waals surface area contributed by atoms with E-state index in [0.717, 1.165) is 12.8 Å². The molecular formula is C12H13ClO3. The molecule has 2 rings (SSSR count). The maximum absolute atomic E-state index is 11.0. The van der Waals surface area contributed by atoms with Crippen molar-refractivity contribution in [3.05, 3.63) is 29.3 Å². The molecule has 86 valence electrons. The van der Waals surface area contributed by atoms with Gasteiger partial charge in [0.05, 0.1) is 10.9 Å². The summed E-state index contributed by atoms with van der Waals surface area (Å²) in [5.41, 5.74) is 0. The van der Waals surface area contributed by atoms with Gasteiger partial charge in [-0.05, 0) is 30.9 Å². The highest BCUT2D eigenvalue weighted by atomic mass is 35.5. The molecule has 0 aliphatic heterocycles. The quantitative estimate of drug-likeness (QED) is 0.861. The number of benzene rings is 1. The van der Waals surface area contributed by atoms with Crippen LogP contribution in [-0.2, 0) is 4.79 Å². The molecule has 1 atom stereocenters. The summed E-state index contributed by atoms with van der Waals surface area (Å²) < 4.78 is 5.45. The third kappa shape index (κ3) is 2.67. The molecule has 1 aliphatic rings. The first-order valence-corrected chi connectivity index (χ1v) is 5.66. The second kappa shape index (κ2) is 4.74. The Kier molecular flexibility index (Phi) is 3.34. The van der Waals surface area contributed by atoms with Gasteiger partial charge >= 0.3 is 5.97 Å². The molecule has 4 heteroatoms. The first kappa shape index (κ1) is 11.3. The van der Waals surface area contributed by atoms with Crippen molar-refractivity contribution in [2.45, 2.75) is 12.8 Å². The SMILES string of the molecule is O=C(O)C(COc1ccccc1Cl)C1CC1. The molecule has 0 amide bonds.